The first-order valence-corrected chi connectivity index (χ1v) is 23.5. The highest BCUT2D eigenvalue weighted by Gasteiger charge is 2.27. The summed E-state index contributed by atoms with van der Waals surface area (Å²) in [5, 5.41) is 0. The first kappa shape index (κ1) is 54.9. The predicted molar refractivity (Wildman–Crippen MR) is 242 cm³/mol. The number of ether oxygens (including phenoxy) is 2. The van der Waals surface area contributed by atoms with Crippen LogP contribution in [-0.4, -0.2) is 74.9 Å². The Hall–Kier alpha value is -3.07. The van der Waals surface area contributed by atoms with Gasteiger partial charge < -0.3 is 18.9 Å². The Labute approximate surface area is 353 Å². The molecule has 0 radical (unpaired) electrons. The van der Waals surface area contributed by atoms with Crippen LogP contribution in [0.4, 0.5) is 0 Å². The van der Waals surface area contributed by atoms with Gasteiger partial charge in [0.15, 0.2) is 6.10 Å². The zero-order valence-corrected chi connectivity index (χ0v) is 37.9. The molecular formula is C48H81NO8P+. The second-order valence-corrected chi connectivity index (χ2v) is 16.8. The standard InChI is InChI=1S/C48H80NO8P/c1-6-8-10-12-14-16-18-20-22-24-26-28-30-32-34-36-38-40-47(50)54-44-46(45-56-58(52,53)55-43-42-49(3,4)5)57-48(51)41-39-37-35-33-31-29-27-25-23-21-19-17-15-13-11-9-7-2/h14-17,20-23,26-29,32-35,46H,6-13,18-19,24-25,30-31,36-45H2,1-5H3/p+1/b16-14-,17-15-,22-20-,23-21-,28-26-,29-27-,34-32-,35-33-. The molecule has 0 heterocycles. The van der Waals surface area contributed by atoms with Gasteiger partial charge in [0, 0.05) is 12.8 Å². The molecule has 2 atom stereocenters. The minimum Gasteiger partial charge on any atom is -0.462 e. The number of phosphoric ester groups is 1. The molecule has 0 saturated heterocycles. The van der Waals surface area contributed by atoms with E-state index in [0.717, 1.165) is 44.9 Å². The van der Waals surface area contributed by atoms with Gasteiger partial charge in [-0.15, -0.1) is 0 Å². The van der Waals surface area contributed by atoms with Crippen LogP contribution in [0.25, 0.3) is 0 Å². The smallest absolute Gasteiger partial charge is 0.462 e. The minimum atomic E-state index is -4.41. The van der Waals surface area contributed by atoms with Crippen molar-refractivity contribution < 1.29 is 42.1 Å². The molecule has 1 N–H and O–H groups in total. The Morgan fingerprint density at radius 1 is 0.534 bits per heavy atom. The number of esters is 2. The average molecular weight is 831 g/mol. The summed E-state index contributed by atoms with van der Waals surface area (Å²) < 4.78 is 34.2. The van der Waals surface area contributed by atoms with Crippen LogP contribution in [0.2, 0.25) is 0 Å². The molecule has 0 aromatic heterocycles. The van der Waals surface area contributed by atoms with Crippen LogP contribution in [0.3, 0.4) is 0 Å². The lowest BCUT2D eigenvalue weighted by atomic mass is 10.2. The Bertz CT molecular complexity index is 1300. The molecule has 9 nitrogen and oxygen atoms in total. The third-order valence-electron chi connectivity index (χ3n) is 8.59. The number of nitrogens with zero attached hydrogens (tertiary/aromatic N) is 1. The first-order chi connectivity index (χ1) is 28.0. The van der Waals surface area contributed by atoms with E-state index in [1.54, 1.807) is 0 Å². The van der Waals surface area contributed by atoms with Crippen molar-refractivity contribution >= 4 is 19.8 Å². The van der Waals surface area contributed by atoms with Crippen LogP contribution in [0, 0.1) is 0 Å². The molecule has 0 aliphatic rings. The van der Waals surface area contributed by atoms with Crippen molar-refractivity contribution in [2.45, 2.75) is 148 Å². The number of hydrogen-bond donors (Lipinski definition) is 1. The summed E-state index contributed by atoms with van der Waals surface area (Å²) >= 11 is 0. The topological polar surface area (TPSA) is 108 Å². The van der Waals surface area contributed by atoms with E-state index in [0.29, 0.717) is 30.3 Å². The molecule has 0 spiro atoms. The SMILES string of the molecule is CCCCC/C=C\C/C=C\C/C=C\C/C=C\CCCC(=O)OCC(COP(=O)(O)OCC[N+](C)(C)C)OC(=O)CCC/C=C\C/C=C\C/C=C\C/C=C\CCCCC. The molecule has 0 aliphatic heterocycles. The fourth-order valence-corrected chi connectivity index (χ4v) is 5.86. The Kier molecular flexibility index (Phi) is 37.3. The van der Waals surface area contributed by atoms with Crippen LogP contribution < -0.4 is 0 Å². The van der Waals surface area contributed by atoms with E-state index in [1.807, 2.05) is 33.3 Å². The molecule has 0 aromatic rings. The van der Waals surface area contributed by atoms with Gasteiger partial charge in [0.2, 0.25) is 0 Å². The zero-order chi connectivity index (χ0) is 42.8. The van der Waals surface area contributed by atoms with E-state index in [9.17, 15) is 19.0 Å². The van der Waals surface area contributed by atoms with Gasteiger partial charge >= 0.3 is 19.8 Å². The number of hydrogen-bond acceptors (Lipinski definition) is 7. The number of allylic oxidation sites excluding steroid dienone is 16. The van der Waals surface area contributed by atoms with Crippen molar-refractivity contribution in [2.75, 3.05) is 47.5 Å². The Morgan fingerprint density at radius 2 is 0.914 bits per heavy atom. The summed E-state index contributed by atoms with van der Waals surface area (Å²) in [5.41, 5.74) is 0. The summed E-state index contributed by atoms with van der Waals surface area (Å²) in [6.07, 6.45) is 51.8. The molecule has 0 rings (SSSR count). The van der Waals surface area contributed by atoms with E-state index in [1.165, 1.54) is 51.4 Å². The van der Waals surface area contributed by atoms with Crippen LogP contribution in [0.1, 0.15) is 142 Å². The largest absolute Gasteiger partial charge is 0.472 e. The highest BCUT2D eigenvalue weighted by molar-refractivity contribution is 7.47. The van der Waals surface area contributed by atoms with E-state index in [-0.39, 0.29) is 26.1 Å². The van der Waals surface area contributed by atoms with E-state index in [4.69, 9.17) is 18.5 Å². The molecule has 0 bridgehead atoms. The third-order valence-corrected chi connectivity index (χ3v) is 9.57. The predicted octanol–water partition coefficient (Wildman–Crippen LogP) is 12.6. The fraction of sp³-hybridized carbons (Fsp3) is 0.625. The van der Waals surface area contributed by atoms with Crippen molar-refractivity contribution in [3.05, 3.63) is 97.2 Å². The quantitative estimate of drug-likeness (QED) is 0.0215. The summed E-state index contributed by atoms with van der Waals surface area (Å²) in [5.74, 6) is -0.941. The van der Waals surface area contributed by atoms with Crippen LogP contribution in [0.5, 0.6) is 0 Å². The number of phosphoric acid groups is 1. The monoisotopic (exact) mass is 831 g/mol. The van der Waals surface area contributed by atoms with Gasteiger partial charge in [0.25, 0.3) is 0 Å². The highest BCUT2D eigenvalue weighted by Crippen LogP contribution is 2.43. The molecule has 0 aliphatic carbocycles. The molecule has 58 heavy (non-hydrogen) atoms. The van der Waals surface area contributed by atoms with Gasteiger partial charge in [-0.2, -0.15) is 0 Å². The Balaban J connectivity index is 4.58. The molecule has 330 valence electrons. The third kappa shape index (κ3) is 42.5. The zero-order valence-electron chi connectivity index (χ0n) is 37.0. The second-order valence-electron chi connectivity index (χ2n) is 15.4. The average Bonchev–Trinajstić information content (AvgIpc) is 3.17. The van der Waals surface area contributed by atoms with Gasteiger partial charge in [-0.3, -0.25) is 18.6 Å². The minimum absolute atomic E-state index is 0.00758. The summed E-state index contributed by atoms with van der Waals surface area (Å²) in [4.78, 5) is 35.3. The first-order valence-electron chi connectivity index (χ1n) is 22.0. The van der Waals surface area contributed by atoms with Gasteiger partial charge in [0.1, 0.15) is 19.8 Å². The summed E-state index contributed by atoms with van der Waals surface area (Å²) in [7, 11) is 1.40. The maximum absolute atomic E-state index is 12.7. The number of carbonyl (C=O) groups is 2. The highest BCUT2D eigenvalue weighted by atomic mass is 31.2. The van der Waals surface area contributed by atoms with E-state index in [2.05, 4.69) is 98.9 Å². The maximum Gasteiger partial charge on any atom is 0.472 e. The molecule has 2 unspecified atom stereocenters. The molecule has 10 heteroatoms. The van der Waals surface area contributed by atoms with Crippen molar-refractivity contribution in [3.63, 3.8) is 0 Å². The lowest BCUT2D eigenvalue weighted by Crippen LogP contribution is -2.37. The lowest BCUT2D eigenvalue weighted by Gasteiger charge is -2.24. The van der Waals surface area contributed by atoms with Gasteiger partial charge in [-0.25, -0.2) is 4.57 Å². The van der Waals surface area contributed by atoms with Crippen LogP contribution in [-0.2, 0) is 32.7 Å². The lowest BCUT2D eigenvalue weighted by molar-refractivity contribution is -0.870. The second kappa shape index (κ2) is 39.4. The van der Waals surface area contributed by atoms with Gasteiger partial charge in [-0.05, 0) is 89.9 Å². The molecule has 0 saturated carbocycles. The van der Waals surface area contributed by atoms with Gasteiger partial charge in [0.05, 0.1) is 27.7 Å². The normalized spacial score (nSPS) is 14.5. The number of carbonyl (C=O) groups excluding carboxylic acids is 2. The Morgan fingerprint density at radius 3 is 1.31 bits per heavy atom. The van der Waals surface area contributed by atoms with Crippen molar-refractivity contribution in [2.24, 2.45) is 0 Å². The molecule has 0 fully saturated rings. The van der Waals surface area contributed by atoms with Gasteiger partial charge in [-0.1, -0.05) is 137 Å². The molecule has 0 amide bonds. The summed E-state index contributed by atoms with van der Waals surface area (Å²) in [6, 6.07) is 0. The number of rotatable bonds is 38. The van der Waals surface area contributed by atoms with Crippen LogP contribution in [0.15, 0.2) is 97.2 Å². The number of unbranched alkanes of at least 4 members (excludes halogenated alkanes) is 8. The summed E-state index contributed by atoms with van der Waals surface area (Å²) in [6.45, 7) is 4.21. The van der Waals surface area contributed by atoms with Crippen LogP contribution >= 0.6 is 7.82 Å². The van der Waals surface area contributed by atoms with Crippen molar-refractivity contribution in [1.82, 2.24) is 0 Å². The number of likely N-dealkylation sites (N-methyl/N-ethyl adjacent to an activating group) is 1. The fourth-order valence-electron chi connectivity index (χ4n) is 5.11. The maximum atomic E-state index is 12.7. The van der Waals surface area contributed by atoms with E-state index < -0.39 is 32.5 Å². The van der Waals surface area contributed by atoms with Crippen molar-refractivity contribution in [3.8, 4) is 0 Å². The molecule has 0 aromatic carbocycles. The number of quaternary nitrogens is 1. The van der Waals surface area contributed by atoms with Crippen molar-refractivity contribution in [1.29, 1.82) is 0 Å². The van der Waals surface area contributed by atoms with E-state index >= 15 is 0 Å². The molecular weight excluding hydrogens is 750 g/mol.